The van der Waals surface area contributed by atoms with Gasteiger partial charge in [0.15, 0.2) is 0 Å². The van der Waals surface area contributed by atoms with Crippen molar-refractivity contribution in [2.24, 2.45) is 0 Å². The summed E-state index contributed by atoms with van der Waals surface area (Å²) < 4.78 is 0. The second-order valence-corrected chi connectivity index (χ2v) is 5.17. The molecular weight excluding hydrogens is 248 g/mol. The molecule has 10 heavy (non-hydrogen) atoms. The van der Waals surface area contributed by atoms with Crippen molar-refractivity contribution < 1.29 is 20.8 Å². The molecular formula is C6H6Cl2NZr-. The summed E-state index contributed by atoms with van der Waals surface area (Å²) in [4.78, 5) is 0. The van der Waals surface area contributed by atoms with Gasteiger partial charge in [0, 0.05) is 0 Å². The Kier molecular flexibility index (Phi) is 7.96. The number of rotatable bonds is 0. The number of benzene rings is 1. The molecule has 0 radical (unpaired) electrons. The Hall–Kier alpha value is 0.483. The van der Waals surface area contributed by atoms with Crippen molar-refractivity contribution in [3.63, 3.8) is 0 Å². The van der Waals surface area contributed by atoms with Crippen LogP contribution in [0.4, 0.5) is 5.69 Å². The number of hydrogen-bond donors (Lipinski definition) is 0. The molecule has 0 fully saturated rings. The van der Waals surface area contributed by atoms with Gasteiger partial charge in [0.05, 0.1) is 0 Å². The third kappa shape index (κ3) is 6.60. The second-order valence-electron chi connectivity index (χ2n) is 1.44. The van der Waals surface area contributed by atoms with E-state index >= 15 is 0 Å². The van der Waals surface area contributed by atoms with Crippen molar-refractivity contribution in [2.45, 2.75) is 0 Å². The summed E-state index contributed by atoms with van der Waals surface area (Å²) in [7, 11) is 9.87. The predicted molar refractivity (Wildman–Crippen MR) is 42.1 cm³/mol. The smallest absolute Gasteiger partial charge is 0.0624 e. The van der Waals surface area contributed by atoms with E-state index in [9.17, 15) is 0 Å². The largest absolute Gasteiger partial charge is 0.699 e. The minimum absolute atomic E-state index is 0.572. The molecule has 0 aliphatic carbocycles. The van der Waals surface area contributed by atoms with Crippen LogP contribution in [0.25, 0.3) is 5.73 Å². The van der Waals surface area contributed by atoms with Crippen molar-refractivity contribution in [1.82, 2.24) is 0 Å². The topological polar surface area (TPSA) is 23.8 Å². The predicted octanol–water partition coefficient (Wildman–Crippen LogP) is 3.75. The monoisotopic (exact) mass is 252 g/mol. The van der Waals surface area contributed by atoms with Crippen LogP contribution in [0.1, 0.15) is 0 Å². The first kappa shape index (κ1) is 10.5. The van der Waals surface area contributed by atoms with Gasteiger partial charge in [-0.05, 0) is 0 Å². The van der Waals surface area contributed by atoms with Crippen molar-refractivity contribution in [2.75, 3.05) is 0 Å². The first-order valence-electron chi connectivity index (χ1n) is 2.54. The van der Waals surface area contributed by atoms with E-state index in [0.717, 1.165) is 0 Å². The van der Waals surface area contributed by atoms with Crippen molar-refractivity contribution in [1.29, 1.82) is 0 Å². The Balaban J connectivity index is 0.000000236. The van der Waals surface area contributed by atoms with Crippen LogP contribution in [0.2, 0.25) is 0 Å². The van der Waals surface area contributed by atoms with E-state index in [4.69, 9.17) is 22.8 Å². The van der Waals surface area contributed by atoms with E-state index in [0.29, 0.717) is 5.69 Å². The fraction of sp³-hybridized carbons (Fsp3) is 0. The standard InChI is InChI=1S/C6H6N.2ClH.Zr/c7-6-4-2-1-3-5-6;;;/h1-5,7H;2*1H;/q-1;;;+2/p-2. The molecule has 0 spiro atoms. The zero-order valence-corrected chi connectivity index (χ0v) is 9.11. The molecule has 0 saturated heterocycles. The molecule has 1 rings (SSSR count). The molecule has 0 unspecified atom stereocenters. The Morgan fingerprint density at radius 1 is 1.10 bits per heavy atom. The normalized spacial score (nSPS) is 7.40. The zero-order chi connectivity index (χ0) is 7.82. The Morgan fingerprint density at radius 3 is 1.70 bits per heavy atom. The molecule has 0 aromatic heterocycles. The third-order valence-electron chi connectivity index (χ3n) is 0.774. The van der Waals surface area contributed by atoms with Gasteiger partial charge in [-0.2, -0.15) is 0 Å². The number of nitrogens with one attached hydrogen (secondary N) is 1. The SMILES string of the molecule is [Cl][Zr][Cl].[NH-]c1ccccc1. The molecule has 0 heterocycles. The maximum absolute atomic E-state index is 7.00. The molecule has 0 aliphatic rings. The van der Waals surface area contributed by atoms with Gasteiger partial charge in [0.1, 0.15) is 0 Å². The van der Waals surface area contributed by atoms with E-state index in [1.54, 1.807) is 12.1 Å². The van der Waals surface area contributed by atoms with Gasteiger partial charge in [-0.25, -0.2) is 0 Å². The van der Waals surface area contributed by atoms with E-state index in [1.807, 2.05) is 18.2 Å². The molecule has 0 aliphatic heterocycles. The van der Waals surface area contributed by atoms with Crippen LogP contribution in [0.3, 0.4) is 0 Å². The molecule has 1 aromatic rings. The molecule has 0 saturated carbocycles. The van der Waals surface area contributed by atoms with Gasteiger partial charge >= 0.3 is 37.9 Å². The fourth-order valence-corrected chi connectivity index (χ4v) is 0.438. The summed E-state index contributed by atoms with van der Waals surface area (Å²) in [6, 6.07) is 9.10. The molecule has 0 bridgehead atoms. The van der Waals surface area contributed by atoms with Gasteiger partial charge in [-0.15, -0.1) is 5.69 Å². The van der Waals surface area contributed by atoms with Gasteiger partial charge in [-0.3, -0.25) is 0 Å². The number of halogens is 2. The van der Waals surface area contributed by atoms with E-state index < -0.39 is 20.8 Å². The van der Waals surface area contributed by atoms with Crippen LogP contribution in [-0.2, 0) is 20.8 Å². The summed E-state index contributed by atoms with van der Waals surface area (Å²) in [5.74, 6) is 0. The van der Waals surface area contributed by atoms with Gasteiger partial charge in [-0.1, -0.05) is 30.3 Å². The van der Waals surface area contributed by atoms with E-state index in [2.05, 4.69) is 0 Å². The Bertz CT molecular complexity index is 157. The van der Waals surface area contributed by atoms with E-state index in [1.165, 1.54) is 0 Å². The van der Waals surface area contributed by atoms with Gasteiger partial charge < -0.3 is 5.73 Å². The molecule has 1 aromatic carbocycles. The van der Waals surface area contributed by atoms with Crippen molar-refractivity contribution in [3.8, 4) is 0 Å². The van der Waals surface area contributed by atoms with Gasteiger partial charge in [0.2, 0.25) is 0 Å². The van der Waals surface area contributed by atoms with Crippen LogP contribution in [-0.4, -0.2) is 0 Å². The summed E-state index contributed by atoms with van der Waals surface area (Å²) in [5.41, 5.74) is 7.57. The first-order valence-corrected chi connectivity index (χ1v) is 8.87. The minimum Gasteiger partial charge on any atom is -0.699 e. The zero-order valence-electron chi connectivity index (χ0n) is 5.14. The Labute approximate surface area is 79.2 Å². The van der Waals surface area contributed by atoms with E-state index in [-0.39, 0.29) is 0 Å². The van der Waals surface area contributed by atoms with Crippen LogP contribution in [0, 0.1) is 0 Å². The molecule has 0 atom stereocenters. The quantitative estimate of drug-likeness (QED) is 0.673. The minimum atomic E-state index is -0.826. The summed E-state index contributed by atoms with van der Waals surface area (Å²) in [6.07, 6.45) is 0. The van der Waals surface area contributed by atoms with Crippen LogP contribution < -0.4 is 0 Å². The maximum Gasteiger partial charge on any atom is -0.0624 e. The summed E-state index contributed by atoms with van der Waals surface area (Å²) in [6.45, 7) is 0. The maximum atomic E-state index is 7.00. The molecule has 1 nitrogen and oxygen atoms in total. The molecule has 54 valence electrons. The first-order chi connectivity index (χ1) is 4.81. The van der Waals surface area contributed by atoms with Crippen LogP contribution in [0.5, 0.6) is 0 Å². The molecule has 0 amide bonds. The summed E-state index contributed by atoms with van der Waals surface area (Å²) in [5, 5.41) is 0. The second kappa shape index (κ2) is 7.59. The molecule has 1 N–H and O–H groups in total. The number of hydrogen-bond acceptors (Lipinski definition) is 0. The average molecular weight is 254 g/mol. The average Bonchev–Trinajstić information content (AvgIpc) is 1.91. The van der Waals surface area contributed by atoms with Crippen molar-refractivity contribution in [3.05, 3.63) is 36.1 Å². The molecule has 4 heteroatoms. The van der Waals surface area contributed by atoms with Gasteiger partial charge in [0.25, 0.3) is 0 Å². The van der Waals surface area contributed by atoms with Crippen molar-refractivity contribution >= 4 is 22.7 Å². The van der Waals surface area contributed by atoms with Crippen LogP contribution in [0.15, 0.2) is 30.3 Å². The Morgan fingerprint density at radius 2 is 1.50 bits per heavy atom. The van der Waals surface area contributed by atoms with Crippen LogP contribution >= 0.6 is 17.0 Å². The third-order valence-corrected chi connectivity index (χ3v) is 0.774. The fourth-order valence-electron chi connectivity index (χ4n) is 0.438. The summed E-state index contributed by atoms with van der Waals surface area (Å²) >= 11 is -0.826.